The van der Waals surface area contributed by atoms with Gasteiger partial charge in [-0.05, 0) is 11.6 Å². The van der Waals surface area contributed by atoms with E-state index >= 15 is 0 Å². The van der Waals surface area contributed by atoms with E-state index in [1.807, 2.05) is 18.0 Å². The minimum atomic E-state index is 0.423. The smallest absolute Gasteiger partial charge is 0.147 e. The fourth-order valence-electron chi connectivity index (χ4n) is 1.23. The molecular formula is C10H16ClN3O. The molecule has 0 spiro atoms. The van der Waals surface area contributed by atoms with E-state index < -0.39 is 0 Å². The normalized spacial score (nSPS) is 10.4. The molecule has 5 heteroatoms. The Hall–Kier alpha value is -0.840. The van der Waals surface area contributed by atoms with Crippen LogP contribution in [0, 0.1) is 0 Å². The average Bonchev–Trinajstić information content (AvgIpc) is 2.26. The third kappa shape index (κ3) is 3.06. The maximum absolute atomic E-state index is 6.16. The molecule has 1 rings (SSSR count). The lowest BCUT2D eigenvalue weighted by atomic mass is 10.2. The molecule has 0 radical (unpaired) electrons. The molecule has 0 aliphatic heterocycles. The van der Waals surface area contributed by atoms with Crippen LogP contribution in [0.5, 0.6) is 0 Å². The topological polar surface area (TPSA) is 51.4 Å². The van der Waals surface area contributed by atoms with Crippen molar-refractivity contribution >= 4 is 17.4 Å². The molecule has 0 saturated heterocycles. The van der Waals surface area contributed by atoms with Gasteiger partial charge < -0.3 is 15.4 Å². The lowest BCUT2D eigenvalue weighted by Gasteiger charge is -2.19. The van der Waals surface area contributed by atoms with Crippen LogP contribution in [0.1, 0.15) is 5.56 Å². The first-order valence-corrected chi connectivity index (χ1v) is 5.12. The number of halogens is 1. The van der Waals surface area contributed by atoms with E-state index in [4.69, 9.17) is 22.1 Å². The molecule has 1 heterocycles. The standard InChI is InChI=1S/C10H16ClN3O/c1-14(5-6-15-2)10-9(11)8(7-12)3-4-13-10/h3-4H,5-7,12H2,1-2H3. The number of pyridine rings is 1. The lowest BCUT2D eigenvalue weighted by Crippen LogP contribution is -2.23. The maximum atomic E-state index is 6.16. The van der Waals surface area contributed by atoms with E-state index in [9.17, 15) is 0 Å². The minimum Gasteiger partial charge on any atom is -0.383 e. The SMILES string of the molecule is COCCN(C)c1nccc(CN)c1Cl. The van der Waals surface area contributed by atoms with Gasteiger partial charge in [-0.3, -0.25) is 0 Å². The Kier molecular flexibility index (Phi) is 4.81. The Morgan fingerprint density at radius 1 is 1.60 bits per heavy atom. The summed E-state index contributed by atoms with van der Waals surface area (Å²) in [4.78, 5) is 6.17. The molecule has 0 aliphatic carbocycles. The molecule has 15 heavy (non-hydrogen) atoms. The third-order valence-corrected chi connectivity index (χ3v) is 2.57. The van der Waals surface area contributed by atoms with E-state index in [1.54, 1.807) is 13.3 Å². The van der Waals surface area contributed by atoms with Crippen LogP contribution >= 0.6 is 11.6 Å². The van der Waals surface area contributed by atoms with Crippen molar-refractivity contribution in [3.63, 3.8) is 0 Å². The van der Waals surface area contributed by atoms with Gasteiger partial charge in [-0.1, -0.05) is 11.6 Å². The molecule has 4 nitrogen and oxygen atoms in total. The first kappa shape index (κ1) is 12.2. The first-order valence-electron chi connectivity index (χ1n) is 4.74. The molecule has 84 valence electrons. The molecule has 0 fully saturated rings. The van der Waals surface area contributed by atoms with Crippen LogP contribution in [-0.4, -0.2) is 32.3 Å². The van der Waals surface area contributed by atoms with Gasteiger partial charge in [-0.25, -0.2) is 4.98 Å². The predicted octanol–water partition coefficient (Wildman–Crippen LogP) is 1.28. The first-order chi connectivity index (χ1) is 7.20. The number of anilines is 1. The molecule has 0 aromatic carbocycles. The van der Waals surface area contributed by atoms with Gasteiger partial charge in [0.05, 0.1) is 11.6 Å². The number of likely N-dealkylation sites (N-methyl/N-ethyl adjacent to an activating group) is 1. The Morgan fingerprint density at radius 2 is 2.33 bits per heavy atom. The second-order valence-corrected chi connectivity index (χ2v) is 3.60. The summed E-state index contributed by atoms with van der Waals surface area (Å²) in [6.45, 7) is 1.81. The summed E-state index contributed by atoms with van der Waals surface area (Å²) in [5.74, 6) is 0.747. The zero-order chi connectivity index (χ0) is 11.3. The van der Waals surface area contributed by atoms with Gasteiger partial charge in [-0.15, -0.1) is 0 Å². The fourth-order valence-corrected chi connectivity index (χ4v) is 1.56. The summed E-state index contributed by atoms with van der Waals surface area (Å²) < 4.78 is 4.99. The Labute approximate surface area is 95.0 Å². The van der Waals surface area contributed by atoms with Crippen molar-refractivity contribution in [3.8, 4) is 0 Å². The van der Waals surface area contributed by atoms with Crippen molar-refractivity contribution in [2.45, 2.75) is 6.54 Å². The second kappa shape index (κ2) is 5.90. The zero-order valence-electron chi connectivity index (χ0n) is 9.03. The fraction of sp³-hybridized carbons (Fsp3) is 0.500. The van der Waals surface area contributed by atoms with Gasteiger partial charge in [-0.2, -0.15) is 0 Å². The van der Waals surface area contributed by atoms with Crippen LogP contribution < -0.4 is 10.6 Å². The molecule has 0 bridgehead atoms. The molecule has 1 aromatic heterocycles. The van der Waals surface area contributed by atoms with Crippen LogP contribution in [0.25, 0.3) is 0 Å². The van der Waals surface area contributed by atoms with Crippen LogP contribution in [-0.2, 0) is 11.3 Å². The number of hydrogen-bond donors (Lipinski definition) is 1. The number of aromatic nitrogens is 1. The van der Waals surface area contributed by atoms with E-state index in [2.05, 4.69) is 4.98 Å². The van der Waals surface area contributed by atoms with Gasteiger partial charge in [0.15, 0.2) is 0 Å². The molecule has 0 saturated carbocycles. The van der Waals surface area contributed by atoms with Gasteiger partial charge in [0.1, 0.15) is 5.82 Å². The van der Waals surface area contributed by atoms with E-state index in [0.717, 1.165) is 17.9 Å². The summed E-state index contributed by atoms with van der Waals surface area (Å²) in [6, 6.07) is 1.83. The van der Waals surface area contributed by atoms with Crippen LogP contribution in [0.15, 0.2) is 12.3 Å². The van der Waals surface area contributed by atoms with Crippen molar-refractivity contribution < 1.29 is 4.74 Å². The molecule has 0 unspecified atom stereocenters. The average molecular weight is 230 g/mol. The molecule has 2 N–H and O–H groups in total. The van der Waals surface area contributed by atoms with E-state index in [0.29, 0.717) is 18.2 Å². The largest absolute Gasteiger partial charge is 0.383 e. The highest BCUT2D eigenvalue weighted by Gasteiger charge is 2.10. The summed E-state index contributed by atoms with van der Waals surface area (Å²) in [5, 5.41) is 0.624. The van der Waals surface area contributed by atoms with Gasteiger partial charge in [0.2, 0.25) is 0 Å². The van der Waals surface area contributed by atoms with Gasteiger partial charge in [0.25, 0.3) is 0 Å². The summed E-state index contributed by atoms with van der Waals surface area (Å²) in [5.41, 5.74) is 6.47. The highest BCUT2D eigenvalue weighted by atomic mass is 35.5. The lowest BCUT2D eigenvalue weighted by molar-refractivity contribution is 0.206. The van der Waals surface area contributed by atoms with Crippen LogP contribution in [0.3, 0.4) is 0 Å². The van der Waals surface area contributed by atoms with Crippen LogP contribution in [0.4, 0.5) is 5.82 Å². The Bertz CT molecular complexity index is 320. The molecular weight excluding hydrogens is 214 g/mol. The number of nitrogens with zero attached hydrogens (tertiary/aromatic N) is 2. The Balaban J connectivity index is 2.83. The van der Waals surface area contributed by atoms with Crippen molar-refractivity contribution in [2.75, 3.05) is 32.2 Å². The monoisotopic (exact) mass is 229 g/mol. The quantitative estimate of drug-likeness (QED) is 0.827. The van der Waals surface area contributed by atoms with Gasteiger partial charge >= 0.3 is 0 Å². The summed E-state index contributed by atoms with van der Waals surface area (Å²) in [6.07, 6.45) is 1.71. The van der Waals surface area contributed by atoms with Crippen molar-refractivity contribution in [2.24, 2.45) is 5.73 Å². The summed E-state index contributed by atoms with van der Waals surface area (Å²) >= 11 is 6.16. The second-order valence-electron chi connectivity index (χ2n) is 3.23. The van der Waals surface area contributed by atoms with Crippen molar-refractivity contribution in [1.29, 1.82) is 0 Å². The van der Waals surface area contributed by atoms with E-state index in [-0.39, 0.29) is 0 Å². The number of methoxy groups -OCH3 is 1. The zero-order valence-corrected chi connectivity index (χ0v) is 9.79. The number of hydrogen-bond acceptors (Lipinski definition) is 4. The number of rotatable bonds is 5. The maximum Gasteiger partial charge on any atom is 0.147 e. The minimum absolute atomic E-state index is 0.423. The molecule has 0 atom stereocenters. The van der Waals surface area contributed by atoms with Crippen LogP contribution in [0.2, 0.25) is 5.02 Å². The Morgan fingerprint density at radius 3 is 2.93 bits per heavy atom. The van der Waals surface area contributed by atoms with E-state index in [1.165, 1.54) is 0 Å². The van der Waals surface area contributed by atoms with Crippen molar-refractivity contribution in [1.82, 2.24) is 4.98 Å². The predicted molar refractivity (Wildman–Crippen MR) is 62.3 cm³/mol. The molecule has 1 aromatic rings. The number of ether oxygens (including phenoxy) is 1. The molecule has 0 amide bonds. The van der Waals surface area contributed by atoms with Gasteiger partial charge in [0, 0.05) is 33.4 Å². The highest BCUT2D eigenvalue weighted by molar-refractivity contribution is 6.33. The third-order valence-electron chi connectivity index (χ3n) is 2.16. The molecule has 0 aliphatic rings. The number of nitrogens with two attached hydrogens (primary N) is 1. The van der Waals surface area contributed by atoms with Crippen molar-refractivity contribution in [3.05, 3.63) is 22.8 Å². The summed E-state index contributed by atoms with van der Waals surface area (Å²) in [7, 11) is 3.59. The highest BCUT2D eigenvalue weighted by Crippen LogP contribution is 2.25.